The summed E-state index contributed by atoms with van der Waals surface area (Å²) in [5.74, 6) is 0.416. The lowest BCUT2D eigenvalue weighted by Gasteiger charge is -2.12. The molecule has 1 N–H and O–H groups in total. The van der Waals surface area contributed by atoms with E-state index in [2.05, 4.69) is 5.32 Å². The Balaban J connectivity index is 0.000000853. The highest BCUT2D eigenvalue weighted by Gasteiger charge is 2.58. The molecule has 1 aromatic carbocycles. The van der Waals surface area contributed by atoms with Gasteiger partial charge in [0.25, 0.3) is 0 Å². The molecule has 1 nitrogen and oxygen atoms in total. The highest BCUT2D eigenvalue weighted by molar-refractivity contribution is 6.30. The van der Waals surface area contributed by atoms with Crippen molar-refractivity contribution in [2.24, 2.45) is 5.92 Å². The summed E-state index contributed by atoms with van der Waals surface area (Å²) in [6.45, 7) is 2.06. The molecule has 0 bridgehead atoms. The summed E-state index contributed by atoms with van der Waals surface area (Å²) in [5, 5.41) is 3.56. The van der Waals surface area contributed by atoms with E-state index in [9.17, 15) is 4.39 Å². The van der Waals surface area contributed by atoms with Crippen molar-refractivity contribution in [1.29, 1.82) is 0 Å². The Kier molecular flexibility index (Phi) is 2.70. The normalized spacial score (nSPS) is 32.0. The molecule has 0 amide bonds. The first-order chi connectivity index (χ1) is 6.72. The lowest BCUT2D eigenvalue weighted by molar-refractivity contribution is 0.614. The van der Waals surface area contributed by atoms with E-state index in [0.717, 1.165) is 18.7 Å². The van der Waals surface area contributed by atoms with E-state index in [-0.39, 0.29) is 28.7 Å². The van der Waals surface area contributed by atoms with Crippen molar-refractivity contribution in [3.63, 3.8) is 0 Å². The first-order valence-electron chi connectivity index (χ1n) is 4.89. The van der Waals surface area contributed by atoms with E-state index in [1.165, 1.54) is 6.42 Å². The fourth-order valence-electron chi connectivity index (χ4n) is 2.60. The molecule has 2 aliphatic rings. The van der Waals surface area contributed by atoms with Gasteiger partial charge in [-0.25, -0.2) is 4.39 Å². The zero-order valence-corrected chi connectivity index (χ0v) is 9.67. The van der Waals surface area contributed by atoms with Crippen molar-refractivity contribution in [2.75, 3.05) is 13.1 Å². The van der Waals surface area contributed by atoms with Gasteiger partial charge >= 0.3 is 0 Å². The molecular weight excluding hydrogens is 236 g/mol. The van der Waals surface area contributed by atoms with Crippen LogP contribution >= 0.6 is 24.0 Å². The van der Waals surface area contributed by atoms with Crippen molar-refractivity contribution in [2.45, 2.75) is 11.8 Å². The van der Waals surface area contributed by atoms with Crippen LogP contribution in [0.4, 0.5) is 4.39 Å². The Morgan fingerprint density at radius 1 is 1.47 bits per heavy atom. The monoisotopic (exact) mass is 247 g/mol. The standard InChI is InChI=1S/C11H11ClFN.ClH/c12-9-2-1-7(3-10(9)13)11-4-8(11)5-14-6-11;/h1-3,8,14H,4-6H2;1H/t8-,11+;/m0./s1. The van der Waals surface area contributed by atoms with Gasteiger partial charge in [-0.1, -0.05) is 17.7 Å². The molecular formula is C11H12Cl2FN. The molecule has 2 atom stereocenters. The van der Waals surface area contributed by atoms with Crippen molar-refractivity contribution < 1.29 is 4.39 Å². The number of halogens is 3. The van der Waals surface area contributed by atoms with Crippen LogP contribution in [0.5, 0.6) is 0 Å². The Morgan fingerprint density at radius 2 is 2.27 bits per heavy atom. The fourth-order valence-corrected chi connectivity index (χ4v) is 2.71. The molecule has 1 aliphatic carbocycles. The second kappa shape index (κ2) is 3.62. The topological polar surface area (TPSA) is 12.0 Å². The third kappa shape index (κ3) is 1.55. The zero-order valence-electron chi connectivity index (χ0n) is 8.09. The van der Waals surface area contributed by atoms with Crippen LogP contribution in [0.25, 0.3) is 0 Å². The van der Waals surface area contributed by atoms with Crippen LogP contribution in [-0.4, -0.2) is 13.1 Å². The molecule has 2 fully saturated rings. The third-order valence-electron chi connectivity index (χ3n) is 3.56. The van der Waals surface area contributed by atoms with Gasteiger partial charge in [-0.15, -0.1) is 12.4 Å². The summed E-state index contributed by atoms with van der Waals surface area (Å²) in [7, 11) is 0. The van der Waals surface area contributed by atoms with Crippen molar-refractivity contribution in [3.05, 3.63) is 34.6 Å². The predicted molar refractivity (Wildman–Crippen MR) is 61.3 cm³/mol. The number of nitrogens with one attached hydrogen (secondary N) is 1. The molecule has 0 radical (unpaired) electrons. The van der Waals surface area contributed by atoms with Crippen molar-refractivity contribution in [1.82, 2.24) is 5.32 Å². The van der Waals surface area contributed by atoms with Crippen LogP contribution in [0.3, 0.4) is 0 Å². The second-order valence-electron chi connectivity index (χ2n) is 4.32. The molecule has 15 heavy (non-hydrogen) atoms. The van der Waals surface area contributed by atoms with E-state index in [1.807, 2.05) is 6.07 Å². The minimum atomic E-state index is -0.295. The smallest absolute Gasteiger partial charge is 0.142 e. The lowest BCUT2D eigenvalue weighted by atomic mass is 9.95. The van der Waals surface area contributed by atoms with Gasteiger partial charge in [0, 0.05) is 12.0 Å². The Labute approximate surface area is 99.4 Å². The van der Waals surface area contributed by atoms with Crippen molar-refractivity contribution >= 4 is 24.0 Å². The SMILES string of the molecule is Cl.Fc1cc([C@@]23CNC[C@@H]2C3)ccc1Cl. The van der Waals surface area contributed by atoms with Gasteiger partial charge in [-0.2, -0.15) is 0 Å². The zero-order chi connectivity index (χ0) is 9.76. The molecule has 1 saturated carbocycles. The number of rotatable bonds is 1. The molecule has 0 aromatic heterocycles. The Bertz CT molecular complexity index is 396. The average molecular weight is 248 g/mol. The van der Waals surface area contributed by atoms with Crippen LogP contribution < -0.4 is 5.32 Å². The molecule has 0 unspecified atom stereocenters. The number of hydrogen-bond acceptors (Lipinski definition) is 1. The molecule has 82 valence electrons. The van der Waals surface area contributed by atoms with Crippen LogP contribution in [0.1, 0.15) is 12.0 Å². The summed E-state index contributed by atoms with van der Waals surface area (Å²) in [4.78, 5) is 0. The summed E-state index contributed by atoms with van der Waals surface area (Å²) in [6, 6.07) is 5.21. The molecule has 1 saturated heterocycles. The maximum atomic E-state index is 13.3. The molecule has 1 aliphatic heterocycles. The summed E-state index contributed by atoms with van der Waals surface area (Å²) in [5.41, 5.74) is 1.33. The van der Waals surface area contributed by atoms with Crippen LogP contribution in [-0.2, 0) is 5.41 Å². The summed E-state index contributed by atoms with van der Waals surface area (Å²) < 4.78 is 13.3. The minimum absolute atomic E-state index is 0. The average Bonchev–Trinajstić information content (AvgIpc) is 2.75. The van der Waals surface area contributed by atoms with Crippen LogP contribution in [0.2, 0.25) is 5.02 Å². The van der Waals surface area contributed by atoms with Gasteiger partial charge < -0.3 is 5.32 Å². The minimum Gasteiger partial charge on any atom is -0.316 e. The second-order valence-corrected chi connectivity index (χ2v) is 4.72. The van der Waals surface area contributed by atoms with Gasteiger partial charge in [0.1, 0.15) is 5.82 Å². The fraction of sp³-hybridized carbons (Fsp3) is 0.455. The Morgan fingerprint density at radius 3 is 2.80 bits per heavy atom. The van der Waals surface area contributed by atoms with E-state index in [0.29, 0.717) is 5.92 Å². The summed E-state index contributed by atoms with van der Waals surface area (Å²) in [6.07, 6.45) is 1.20. The molecule has 1 heterocycles. The summed E-state index contributed by atoms with van der Waals surface area (Å²) >= 11 is 5.66. The van der Waals surface area contributed by atoms with E-state index >= 15 is 0 Å². The molecule has 4 heteroatoms. The van der Waals surface area contributed by atoms with Gasteiger partial charge in [0.15, 0.2) is 0 Å². The highest BCUT2D eigenvalue weighted by Crippen LogP contribution is 2.56. The largest absolute Gasteiger partial charge is 0.316 e. The molecule has 1 aromatic rings. The van der Waals surface area contributed by atoms with Crippen molar-refractivity contribution in [3.8, 4) is 0 Å². The van der Waals surface area contributed by atoms with E-state index in [1.54, 1.807) is 12.1 Å². The van der Waals surface area contributed by atoms with Crippen LogP contribution in [0, 0.1) is 11.7 Å². The van der Waals surface area contributed by atoms with Gasteiger partial charge in [0.2, 0.25) is 0 Å². The van der Waals surface area contributed by atoms with E-state index in [4.69, 9.17) is 11.6 Å². The van der Waals surface area contributed by atoms with Gasteiger partial charge in [-0.05, 0) is 36.6 Å². The molecule has 0 spiro atoms. The quantitative estimate of drug-likeness (QED) is 0.805. The Hall–Kier alpha value is -0.310. The maximum absolute atomic E-state index is 13.3. The number of fused-ring (bicyclic) bond motifs is 1. The lowest BCUT2D eigenvalue weighted by Crippen LogP contribution is -2.19. The van der Waals surface area contributed by atoms with E-state index < -0.39 is 0 Å². The maximum Gasteiger partial charge on any atom is 0.142 e. The first-order valence-corrected chi connectivity index (χ1v) is 5.26. The first kappa shape index (κ1) is 11.2. The number of benzene rings is 1. The number of hydrogen-bond donors (Lipinski definition) is 1. The van der Waals surface area contributed by atoms with Gasteiger partial charge in [-0.3, -0.25) is 0 Å². The molecule has 3 rings (SSSR count). The van der Waals surface area contributed by atoms with Gasteiger partial charge in [0.05, 0.1) is 5.02 Å². The third-order valence-corrected chi connectivity index (χ3v) is 3.86. The van der Waals surface area contributed by atoms with Crippen LogP contribution in [0.15, 0.2) is 18.2 Å². The highest BCUT2D eigenvalue weighted by atomic mass is 35.5. The number of piperidine rings is 1. The predicted octanol–water partition coefficient (Wildman–Crippen LogP) is 2.76.